The highest BCUT2D eigenvalue weighted by Gasteiger charge is 2.42. The van der Waals surface area contributed by atoms with Gasteiger partial charge in [-0.05, 0) is 229 Å². The van der Waals surface area contributed by atoms with Crippen molar-refractivity contribution in [2.24, 2.45) is 0 Å². The molecule has 0 saturated heterocycles. The molecule has 12 aromatic heterocycles. The molecule has 16 aromatic carbocycles. The van der Waals surface area contributed by atoms with E-state index in [1.54, 1.807) is 12.5 Å². The van der Waals surface area contributed by atoms with Crippen molar-refractivity contribution in [1.82, 2.24) is 63.1 Å². The third kappa shape index (κ3) is 13.2. The normalized spacial score (nSPS) is 13.9. The van der Waals surface area contributed by atoms with Gasteiger partial charge in [0.15, 0.2) is 11.6 Å². The first-order valence-corrected chi connectivity index (χ1v) is 53.5. The van der Waals surface area contributed by atoms with Gasteiger partial charge in [0, 0.05) is 151 Å². The van der Waals surface area contributed by atoms with Crippen molar-refractivity contribution in [2.75, 3.05) is 0 Å². The number of para-hydroxylation sites is 4. The van der Waals surface area contributed by atoms with Gasteiger partial charge >= 0.3 is 0 Å². The molecular weight excluding hydrogens is 1880 g/mol. The summed E-state index contributed by atoms with van der Waals surface area (Å²) >= 11 is 7.53. The Kier molecular flexibility index (Phi) is 19.6. The van der Waals surface area contributed by atoms with E-state index in [1.165, 1.54) is 203 Å². The second kappa shape index (κ2) is 33.2. The molecule has 148 heavy (non-hydrogen) atoms. The minimum atomic E-state index is -0.183. The molecule has 0 saturated carbocycles. The summed E-state index contributed by atoms with van der Waals surface area (Å²) in [5, 5.41) is 10.6. The molecule has 4 aliphatic rings. The Morgan fingerprint density at radius 2 is 0.520 bits per heavy atom. The van der Waals surface area contributed by atoms with Crippen molar-refractivity contribution in [2.45, 2.75) is 77.0 Å². The van der Waals surface area contributed by atoms with Gasteiger partial charge in [-0.1, -0.05) is 280 Å². The third-order valence-electron chi connectivity index (χ3n) is 31.5. The van der Waals surface area contributed by atoms with E-state index in [4.69, 9.17) is 19.9 Å². The number of benzene rings is 16. The van der Waals surface area contributed by atoms with E-state index >= 15 is 0 Å². The molecular formula is C131H91N13S4. The number of thiophene rings is 4. The standard InChI is InChI=1S/3C33H23N3S.C32H22N4S/c1-33(2)25-12-6-13-27-30(25)36(32(35-27)21-8-7-17-34-19-21)28-16-15-20(18-26(28)33)22-10-5-11-24-23-9-3-4-14-29(23)37-31(22)24;1-33(2)25-10-6-11-27-30(25)36(32(35-27)20-15-17-34-18-16-20)28-14-13-21(19-26(28)33)22-8-5-9-24-23-7-3-4-12-29(23)37-31(22)24;1-33(2)24-12-8-14-26-30(24)36(32(35-26)27-13-5-6-18-34-27)28-17-16-20(19-25(28)33)21-10-7-11-23-22-9-3-4-15-29(22)37-31(21)23;1-32(2)23-10-6-11-25-29(23)36(31(35-25)26-15-16-33-18-34-26)27-14-13-19(17-24(27)32)20-8-5-9-22-21-7-3-4-12-28(21)37-30(20)22/h3*3-19H,1-2H3;3-18H,1-2H3. The third-order valence-corrected chi connectivity index (χ3v) is 36.3. The van der Waals surface area contributed by atoms with Crippen LogP contribution in [0.3, 0.4) is 0 Å². The van der Waals surface area contributed by atoms with Gasteiger partial charge in [0.25, 0.3) is 0 Å². The highest BCUT2D eigenvalue weighted by Crippen LogP contribution is 2.56. The molecule has 0 fully saturated rings. The molecule has 0 aliphatic carbocycles. The molecule has 4 aliphatic heterocycles. The van der Waals surface area contributed by atoms with Gasteiger partial charge in [0.2, 0.25) is 0 Å². The second-order valence-electron chi connectivity index (χ2n) is 41.1. The number of aromatic nitrogens is 13. The fourth-order valence-corrected chi connectivity index (χ4v) is 29.1. The molecule has 704 valence electrons. The first-order chi connectivity index (χ1) is 72.4. The lowest BCUT2D eigenvalue weighted by molar-refractivity contribution is 0.629. The van der Waals surface area contributed by atoms with Crippen LogP contribution in [0.2, 0.25) is 0 Å². The number of hydrogen-bond acceptors (Lipinski definition) is 13. The SMILES string of the molecule is CC1(C)c2cc(-c3cccc4c3sc3ccccc34)ccc2-n2c(-c3ccccn3)nc3cccc1c32.CC1(C)c2cc(-c3cccc4c3sc3ccccc34)ccc2-n2c(-c3cccnc3)nc3cccc1c32.CC1(C)c2cc(-c3cccc4c3sc3ccccc34)ccc2-n2c(-c3ccncc3)nc3cccc1c32.CC1(C)c2cc(-c3cccc4c3sc3ccccc34)ccc2-n2c(-c3ccncn3)nc3cccc1c32. The van der Waals surface area contributed by atoms with Gasteiger partial charge in [-0.2, -0.15) is 0 Å². The van der Waals surface area contributed by atoms with Crippen LogP contribution in [0.4, 0.5) is 0 Å². The molecule has 0 spiro atoms. The predicted molar refractivity (Wildman–Crippen MR) is 617 cm³/mol. The Bertz CT molecular complexity index is 9230. The molecule has 0 radical (unpaired) electrons. The summed E-state index contributed by atoms with van der Waals surface area (Å²) in [6.07, 6.45) is 12.6. The van der Waals surface area contributed by atoms with Crippen molar-refractivity contribution in [3.63, 3.8) is 0 Å². The maximum atomic E-state index is 5.10. The van der Waals surface area contributed by atoms with Crippen molar-refractivity contribution in [3.8, 4) is 113 Å². The summed E-state index contributed by atoms with van der Waals surface area (Å²) in [5.41, 5.74) is 37.2. The van der Waals surface area contributed by atoms with Crippen molar-refractivity contribution < 1.29 is 0 Å². The minimum absolute atomic E-state index is 0.162. The molecule has 0 N–H and O–H groups in total. The Labute approximate surface area is 868 Å². The summed E-state index contributed by atoms with van der Waals surface area (Å²) in [5.74, 6) is 3.63. The average molecular weight is 1980 g/mol. The summed E-state index contributed by atoms with van der Waals surface area (Å²) < 4.78 is 20.0. The molecule has 13 nitrogen and oxygen atoms in total. The average Bonchev–Trinajstić information content (AvgIpc) is 1.57. The quantitative estimate of drug-likeness (QED) is 0.146. The van der Waals surface area contributed by atoms with Crippen molar-refractivity contribution >= 4 is 170 Å². The van der Waals surface area contributed by atoms with E-state index in [0.717, 1.165) is 79.1 Å². The number of fused-ring (bicyclic) bond motifs is 20. The summed E-state index contributed by atoms with van der Waals surface area (Å²) in [7, 11) is 0. The van der Waals surface area contributed by atoms with Crippen LogP contribution in [0.25, 0.3) is 238 Å². The smallest absolute Gasteiger partial charge is 0.164 e. The van der Waals surface area contributed by atoms with Crippen LogP contribution in [0, 0.1) is 0 Å². The zero-order valence-corrected chi connectivity index (χ0v) is 85.4. The highest BCUT2D eigenvalue weighted by molar-refractivity contribution is 7.27. The summed E-state index contributed by atoms with van der Waals surface area (Å²) in [4.78, 5) is 42.2. The number of imidazole rings is 4. The molecule has 17 heteroatoms. The zero-order valence-electron chi connectivity index (χ0n) is 82.1. The molecule has 28 aromatic rings. The summed E-state index contributed by atoms with van der Waals surface area (Å²) in [6.45, 7) is 18.7. The van der Waals surface area contributed by atoms with Gasteiger partial charge in [0.1, 0.15) is 29.4 Å². The van der Waals surface area contributed by atoms with Gasteiger partial charge in [0.05, 0.1) is 66.9 Å². The fourth-order valence-electron chi connectivity index (χ4n) is 24.2. The van der Waals surface area contributed by atoms with Crippen LogP contribution < -0.4 is 0 Å². The van der Waals surface area contributed by atoms with Gasteiger partial charge in [-0.25, -0.2) is 29.9 Å². The number of rotatable bonds is 8. The molecule has 0 atom stereocenters. The Hall–Kier alpha value is -17.2. The van der Waals surface area contributed by atoms with Crippen LogP contribution in [-0.4, -0.2) is 63.1 Å². The van der Waals surface area contributed by atoms with E-state index in [-0.39, 0.29) is 21.7 Å². The van der Waals surface area contributed by atoms with E-state index in [2.05, 4.69) is 420 Å². The van der Waals surface area contributed by atoms with Gasteiger partial charge < -0.3 is 0 Å². The minimum Gasteiger partial charge on any atom is -0.292 e. The van der Waals surface area contributed by atoms with E-state index < -0.39 is 0 Å². The van der Waals surface area contributed by atoms with Crippen LogP contribution in [-0.2, 0) is 21.7 Å². The first-order valence-electron chi connectivity index (χ1n) is 50.2. The lowest BCUT2D eigenvalue weighted by Gasteiger charge is -2.35. The van der Waals surface area contributed by atoms with E-state index in [1.807, 2.05) is 119 Å². The van der Waals surface area contributed by atoms with Crippen LogP contribution >= 0.6 is 45.3 Å². The number of pyridine rings is 3. The van der Waals surface area contributed by atoms with Crippen LogP contribution in [0.1, 0.15) is 99.9 Å². The lowest BCUT2D eigenvalue weighted by Crippen LogP contribution is -2.26. The Morgan fingerprint density at radius 1 is 0.209 bits per heavy atom. The molecule has 0 bridgehead atoms. The fraction of sp³-hybridized carbons (Fsp3) is 0.0916. The summed E-state index contributed by atoms with van der Waals surface area (Å²) in [6, 6.07) is 132. The zero-order chi connectivity index (χ0) is 98.9. The van der Waals surface area contributed by atoms with E-state index in [9.17, 15) is 0 Å². The highest BCUT2D eigenvalue weighted by atomic mass is 32.1. The molecule has 0 unspecified atom stereocenters. The van der Waals surface area contributed by atoms with E-state index in [0.29, 0.717) is 0 Å². The predicted octanol–water partition coefficient (Wildman–Crippen LogP) is 34.4. The maximum Gasteiger partial charge on any atom is 0.164 e. The monoisotopic (exact) mass is 1970 g/mol. The van der Waals surface area contributed by atoms with Crippen molar-refractivity contribution in [3.05, 3.63) is 452 Å². The van der Waals surface area contributed by atoms with Gasteiger partial charge in [-0.15, -0.1) is 45.3 Å². The Balaban J connectivity index is 0.0000000930. The topological polar surface area (TPSA) is 136 Å². The lowest BCUT2D eigenvalue weighted by atomic mass is 9.74. The largest absolute Gasteiger partial charge is 0.292 e. The van der Waals surface area contributed by atoms with Gasteiger partial charge in [-0.3, -0.25) is 33.2 Å². The van der Waals surface area contributed by atoms with Crippen LogP contribution in [0.5, 0.6) is 0 Å². The van der Waals surface area contributed by atoms with Crippen molar-refractivity contribution in [1.29, 1.82) is 0 Å². The second-order valence-corrected chi connectivity index (χ2v) is 45.3. The molecule has 32 rings (SSSR count). The first kappa shape index (κ1) is 87.4. The molecule has 0 amide bonds. The number of nitrogens with zero attached hydrogens (tertiary/aromatic N) is 13. The Morgan fingerprint density at radius 3 is 0.851 bits per heavy atom. The van der Waals surface area contributed by atoms with Crippen LogP contribution in [0.15, 0.2) is 407 Å². The maximum absolute atomic E-state index is 5.10. The molecule has 16 heterocycles. The number of hydrogen-bond donors (Lipinski definition) is 0.